The molecule has 42 heteroatoms. The van der Waals surface area contributed by atoms with Crippen LogP contribution < -0.4 is 52.6 Å². The van der Waals surface area contributed by atoms with E-state index in [1.165, 1.54) is 41.0 Å². The van der Waals surface area contributed by atoms with Crippen LogP contribution in [0.25, 0.3) is 66.5 Å². The van der Waals surface area contributed by atoms with E-state index in [-0.39, 0.29) is 85.1 Å². The van der Waals surface area contributed by atoms with Gasteiger partial charge in [0.05, 0.1) is 83.6 Å². The summed E-state index contributed by atoms with van der Waals surface area (Å²) in [7, 11) is 14.9. The van der Waals surface area contributed by atoms with Crippen molar-refractivity contribution >= 4 is 172 Å². The zero-order chi connectivity index (χ0) is 107. The minimum atomic E-state index is -1.77. The summed E-state index contributed by atoms with van der Waals surface area (Å²) in [5.41, 5.74) is 14.1. The summed E-state index contributed by atoms with van der Waals surface area (Å²) in [6.07, 6.45) is 4.74. The SMILES string of the molecule is CN(C)CCCC(=O)Nc1cc(C(=O)NCCN(C)C(=O)c2cccnc2F)cc(-c2n[nH]c3cc(Nc4ccccc4Cl)ccc23)c1.CN(C)CCCC(=O)Nc1cc(C(=O)NCCOCC(=O)COc2c(F)c(F)cc(F)c2F)cc(-c2n[nH]c3cc(Nc4ccccc4Cl)ccc23)c1.Cc1cc(C)n(C(=O)N(C)CCCNC(=O)c2cc(NC(=O)CCCN(C)C)cc(-c3n[nH]c4cc(Nc5ccccc5Cl)ccc34)c2)n1. The number of hydrogen-bond acceptors (Lipinski definition) is 22. The van der Waals surface area contributed by atoms with Gasteiger partial charge in [-0.25, -0.2) is 18.6 Å². The molecule has 782 valence electrons. The Morgan fingerprint density at radius 1 is 0.407 bits per heavy atom. The van der Waals surface area contributed by atoms with Gasteiger partial charge in [0.25, 0.3) is 23.6 Å². The predicted octanol–water partition coefficient (Wildman–Crippen LogP) is 19.2. The van der Waals surface area contributed by atoms with Crippen molar-refractivity contribution in [2.24, 2.45) is 0 Å². The Hall–Kier alpha value is -16.0. The number of hydrogen-bond donors (Lipinski definition) is 12. The number of ketones is 1. The third kappa shape index (κ3) is 31.1. The lowest BCUT2D eigenvalue weighted by molar-refractivity contribution is -0.125. The van der Waals surface area contributed by atoms with Gasteiger partial charge in [-0.05, 0) is 265 Å². The average molecular weight is 2110 g/mol. The van der Waals surface area contributed by atoms with E-state index < -0.39 is 71.7 Å². The summed E-state index contributed by atoms with van der Waals surface area (Å²) in [6.45, 7) is 5.28. The number of benzene rings is 10. The highest BCUT2D eigenvalue weighted by atomic mass is 35.5. The number of aromatic amines is 3. The standard InChI is InChI=1S/C37H35ClF4N6O5.C36H42ClN9O3.C35H36ClFN8O3/c1-48(2)12-5-8-32(50)45-24-15-21(35-26-10-9-23(17-31(26)46-47-35)44-30-7-4-3-6-27(30)38)14-22(16-24)37(51)43-11-13-52-19-25(49)20-53-36-33(41)28(39)18-29(40)34(36)42;1-23-18-24(2)46(43-23)36(49)45(5)17-9-15-38-35(48)26-19-25(20-28(21-26)40-33(47)12-8-16-44(3)4)34-29-14-13-27(22-32(29)41-42-34)39-31-11-7-6-10-30(31)37;1-44(2)16-7-11-31(46)41-25-19-22(32-26-13-12-24(21-30(26)42-43-32)40-29-10-5-4-9-28(29)36)18-23(20-25)34(47)39-15-17-45(3)35(48)27-8-6-14-38-33(27)37/h3-4,6-7,9-10,14-18,44H,5,8,11-13,19-20H2,1-2H3,(H,43,51)(H,45,50)(H,46,47);6-7,10-11,13-14,18-22,39H,8-9,12,15-17H2,1-5H3,(H,38,48)(H,40,47)(H,41,42);4-6,8-10,12-14,18-21,40H,7,11,15-17H2,1-3H3,(H,39,47)(H,41,46)(H,42,43). The van der Waals surface area contributed by atoms with E-state index in [1.807, 2.05) is 198 Å². The number of carbonyl (C=O) groups is 9. The van der Waals surface area contributed by atoms with Crippen LogP contribution in [-0.2, 0) is 23.9 Å². The first-order valence-electron chi connectivity index (χ1n) is 47.8. The first-order valence-corrected chi connectivity index (χ1v) is 48.9. The van der Waals surface area contributed by atoms with Crippen molar-refractivity contribution in [3.05, 3.63) is 290 Å². The number of carbonyl (C=O) groups excluding carboxylic acids is 9. The number of halogens is 8. The van der Waals surface area contributed by atoms with Gasteiger partial charge in [-0.1, -0.05) is 71.2 Å². The lowest BCUT2D eigenvalue weighted by Crippen LogP contribution is -2.36. The van der Waals surface area contributed by atoms with Crippen LogP contribution in [0.1, 0.15) is 97.8 Å². The monoisotopic (exact) mass is 2110 g/mol. The van der Waals surface area contributed by atoms with Gasteiger partial charge in [0.2, 0.25) is 35.3 Å². The zero-order valence-electron chi connectivity index (χ0n) is 83.9. The molecule has 0 bridgehead atoms. The van der Waals surface area contributed by atoms with Crippen molar-refractivity contribution in [2.45, 2.75) is 58.8 Å². The second-order valence-electron chi connectivity index (χ2n) is 36.0. The highest BCUT2D eigenvalue weighted by Gasteiger charge is 2.27. The maximum atomic E-state index is 14.0. The highest BCUT2D eigenvalue weighted by Crippen LogP contribution is 2.39. The molecule has 0 saturated heterocycles. The van der Waals surface area contributed by atoms with Crippen LogP contribution in [0, 0.1) is 43.1 Å². The number of pyridine rings is 1. The number of anilines is 9. The molecule has 0 saturated carbocycles. The Morgan fingerprint density at radius 2 is 0.807 bits per heavy atom. The van der Waals surface area contributed by atoms with E-state index in [1.54, 1.807) is 66.5 Å². The van der Waals surface area contributed by atoms with E-state index in [4.69, 9.17) is 39.5 Å². The molecule has 5 aromatic heterocycles. The highest BCUT2D eigenvalue weighted by molar-refractivity contribution is 6.34. The summed E-state index contributed by atoms with van der Waals surface area (Å²) < 4.78 is 79.5. The number of nitrogens with zero attached hydrogens (tertiary/aromatic N) is 11. The molecule has 5 heterocycles. The van der Waals surface area contributed by atoms with Crippen molar-refractivity contribution in [1.29, 1.82) is 0 Å². The van der Waals surface area contributed by atoms with Crippen LogP contribution >= 0.6 is 34.8 Å². The number of likely N-dealkylation sites (N-methyl/N-ethyl adjacent to an activating group) is 1. The summed E-state index contributed by atoms with van der Waals surface area (Å²) in [6, 6.07) is 59.1. The van der Waals surface area contributed by atoms with Gasteiger partial charge in [-0.3, -0.25) is 53.7 Å². The smallest absolute Gasteiger partial charge is 0.344 e. The Bertz CT molecular complexity index is 7380. The molecule has 15 rings (SSSR count). The number of ether oxygens (including phenoxy) is 2. The fourth-order valence-corrected chi connectivity index (χ4v) is 16.3. The molecule has 8 amide bonds. The second-order valence-corrected chi connectivity index (χ2v) is 37.2. The summed E-state index contributed by atoms with van der Waals surface area (Å²) in [5.74, 6) is -12.2. The van der Waals surface area contributed by atoms with Crippen LogP contribution in [0.4, 0.5) is 77.9 Å². The minimum absolute atomic E-state index is 0.0219. The van der Waals surface area contributed by atoms with Crippen LogP contribution in [-0.4, -0.2) is 252 Å². The van der Waals surface area contributed by atoms with E-state index in [9.17, 15) is 65.1 Å². The number of H-pyrrole nitrogens is 3. The molecule has 0 unspecified atom stereocenters. The molecule has 0 radical (unpaired) electrons. The summed E-state index contributed by atoms with van der Waals surface area (Å²) in [4.78, 5) is 129. The third-order valence-electron chi connectivity index (χ3n) is 23.2. The maximum absolute atomic E-state index is 14.0. The topological polar surface area (TPSA) is 413 Å². The second kappa shape index (κ2) is 53.0. The van der Waals surface area contributed by atoms with Gasteiger partial charge in [-0.15, -0.1) is 0 Å². The molecule has 10 aromatic carbocycles. The Kier molecular flexibility index (Phi) is 39.3. The number of aromatic nitrogens is 9. The van der Waals surface area contributed by atoms with Crippen molar-refractivity contribution in [2.75, 3.05) is 160 Å². The van der Waals surface area contributed by atoms with Gasteiger partial charge < -0.3 is 81.8 Å². The summed E-state index contributed by atoms with van der Waals surface area (Å²) in [5, 5.41) is 58.4. The van der Waals surface area contributed by atoms with Crippen molar-refractivity contribution < 1.29 is 74.6 Å². The molecule has 150 heavy (non-hydrogen) atoms. The molecule has 0 aliphatic rings. The van der Waals surface area contributed by atoms with Gasteiger partial charge >= 0.3 is 6.03 Å². The molecular formula is C108H113Cl3F5N23O11. The largest absolute Gasteiger partial charge is 0.479 e. The van der Waals surface area contributed by atoms with Gasteiger partial charge in [-0.2, -0.15) is 38.2 Å². The predicted molar refractivity (Wildman–Crippen MR) is 574 cm³/mol. The molecular weight excluding hydrogens is 2000 g/mol. The zero-order valence-corrected chi connectivity index (χ0v) is 86.1. The van der Waals surface area contributed by atoms with Crippen LogP contribution in [0.3, 0.4) is 0 Å². The van der Waals surface area contributed by atoms with E-state index in [0.717, 1.165) is 92.3 Å². The number of fused-ring (bicyclic) bond motifs is 3. The maximum Gasteiger partial charge on any atom is 0.344 e. The lowest BCUT2D eigenvalue weighted by atomic mass is 10.0. The van der Waals surface area contributed by atoms with Crippen LogP contribution in [0.5, 0.6) is 5.75 Å². The number of Topliss-reactive ketones (excluding diaryl/α,β-unsaturated/α-hetero) is 1. The lowest BCUT2D eigenvalue weighted by Gasteiger charge is -2.18. The molecule has 0 aliphatic heterocycles. The van der Waals surface area contributed by atoms with E-state index >= 15 is 0 Å². The summed E-state index contributed by atoms with van der Waals surface area (Å²) >= 11 is 19.0. The molecule has 15 aromatic rings. The molecule has 0 aliphatic carbocycles. The van der Waals surface area contributed by atoms with Crippen molar-refractivity contribution in [3.8, 4) is 39.5 Å². The number of aryl methyl sites for hydroxylation is 2. The Labute approximate surface area is 876 Å². The number of amides is 8. The van der Waals surface area contributed by atoms with E-state index in [0.29, 0.717) is 129 Å². The normalized spacial score (nSPS) is 11.1. The molecule has 0 fully saturated rings. The molecule has 0 spiro atoms. The molecule has 34 nitrogen and oxygen atoms in total. The Morgan fingerprint density at radius 3 is 1.19 bits per heavy atom. The van der Waals surface area contributed by atoms with Gasteiger partial charge in [0.15, 0.2) is 23.2 Å². The van der Waals surface area contributed by atoms with Crippen LogP contribution in [0.2, 0.25) is 15.1 Å². The number of rotatable bonds is 43. The van der Waals surface area contributed by atoms with Gasteiger partial charge in [0, 0.05) is 168 Å². The Balaban J connectivity index is 0.000000188. The minimum Gasteiger partial charge on any atom is -0.479 e. The first-order chi connectivity index (χ1) is 71.9. The van der Waals surface area contributed by atoms with Crippen LogP contribution in [0.15, 0.2) is 212 Å². The molecule has 12 N–H and O–H groups in total. The van der Waals surface area contributed by atoms with E-state index in [2.05, 4.69) is 93.3 Å². The molecule has 0 atom stereocenters. The third-order valence-corrected chi connectivity index (χ3v) is 24.2. The van der Waals surface area contributed by atoms with Gasteiger partial charge in [0.1, 0.15) is 13.2 Å². The fourth-order valence-electron chi connectivity index (χ4n) is 15.7. The average Bonchev–Trinajstić information content (AvgIpc) is 1.63. The first kappa shape index (κ1) is 111. The number of para-hydroxylation sites is 3. The quantitative estimate of drug-likeness (QED) is 0.00731. The number of nitrogens with one attached hydrogen (secondary N) is 12. The fraction of sp³-hybridized carbons (Fsp3) is 0.259. The van der Waals surface area contributed by atoms with Crippen molar-refractivity contribution in [1.82, 2.24) is 85.8 Å². The van der Waals surface area contributed by atoms with Crippen molar-refractivity contribution in [3.63, 3.8) is 0 Å².